The van der Waals surface area contributed by atoms with Crippen LogP contribution in [0.2, 0.25) is 0 Å². The van der Waals surface area contributed by atoms with Crippen molar-refractivity contribution < 1.29 is 0 Å². The van der Waals surface area contributed by atoms with E-state index in [2.05, 4.69) is 6.07 Å². The molecule has 0 bridgehead atoms. The molecular formula is C7H11NS. The Balaban J connectivity index is 2.56. The predicted octanol–water partition coefficient (Wildman–Crippen LogP) is 2.04. The molecule has 1 rings (SSSR count). The molecule has 1 unspecified atom stereocenters. The van der Waals surface area contributed by atoms with Crippen LogP contribution in [0.25, 0.3) is 0 Å². The van der Waals surface area contributed by atoms with Gasteiger partial charge in [0.25, 0.3) is 0 Å². The summed E-state index contributed by atoms with van der Waals surface area (Å²) in [5, 5.41) is 8.72. The van der Waals surface area contributed by atoms with Gasteiger partial charge in [-0.25, -0.2) is 0 Å². The van der Waals surface area contributed by atoms with Crippen LogP contribution in [0.5, 0.6) is 0 Å². The van der Waals surface area contributed by atoms with E-state index >= 15 is 0 Å². The third kappa shape index (κ3) is 1.21. The van der Waals surface area contributed by atoms with Gasteiger partial charge in [0, 0.05) is 0 Å². The van der Waals surface area contributed by atoms with Gasteiger partial charge in [-0.1, -0.05) is 0 Å². The Morgan fingerprint density at radius 2 is 2.22 bits per heavy atom. The van der Waals surface area contributed by atoms with Gasteiger partial charge in [0.05, 0.1) is 6.07 Å². The Labute approximate surface area is 60.4 Å². The Morgan fingerprint density at radius 1 is 1.67 bits per heavy atom. The molecule has 0 heterocycles. The first-order valence-electron chi connectivity index (χ1n) is 3.19. The molecule has 0 aliphatic heterocycles. The lowest BCUT2D eigenvalue weighted by Gasteiger charge is -2.16. The second kappa shape index (κ2) is 2.22. The highest BCUT2D eigenvalue weighted by molar-refractivity contribution is 8.00. The highest BCUT2D eigenvalue weighted by atomic mass is 32.2. The van der Waals surface area contributed by atoms with E-state index in [0.29, 0.717) is 5.92 Å². The predicted molar refractivity (Wildman–Crippen MR) is 40.3 cm³/mol. The second-order valence-corrected chi connectivity index (χ2v) is 3.95. The summed E-state index contributed by atoms with van der Waals surface area (Å²) in [6.45, 7) is 2.04. The topological polar surface area (TPSA) is 23.8 Å². The van der Waals surface area contributed by atoms with E-state index in [0.717, 1.165) is 0 Å². The van der Waals surface area contributed by atoms with E-state index in [9.17, 15) is 0 Å². The lowest BCUT2D eigenvalue weighted by atomic mass is 10.1. The lowest BCUT2D eigenvalue weighted by Crippen LogP contribution is -2.18. The van der Waals surface area contributed by atoms with E-state index in [4.69, 9.17) is 5.26 Å². The molecule has 0 aromatic heterocycles. The maximum absolute atomic E-state index is 8.72. The molecule has 1 fully saturated rings. The smallest absolute Gasteiger partial charge is 0.102 e. The molecule has 0 aromatic carbocycles. The van der Waals surface area contributed by atoms with Gasteiger partial charge in [0.1, 0.15) is 4.75 Å². The molecular weight excluding hydrogens is 130 g/mol. The summed E-state index contributed by atoms with van der Waals surface area (Å²) in [5.74, 6) is 0.678. The van der Waals surface area contributed by atoms with E-state index in [1.165, 1.54) is 12.8 Å². The van der Waals surface area contributed by atoms with Crippen LogP contribution < -0.4 is 0 Å². The molecule has 50 valence electrons. The minimum Gasteiger partial charge on any atom is -0.197 e. The molecule has 2 heteroatoms. The largest absolute Gasteiger partial charge is 0.197 e. The standard InChI is InChI=1S/C7H11NS/c1-7(5-8,9-2)6-3-4-6/h6H,3-4H2,1-2H3. The van der Waals surface area contributed by atoms with Crippen LogP contribution in [0.1, 0.15) is 19.8 Å². The van der Waals surface area contributed by atoms with E-state index < -0.39 is 0 Å². The Hall–Kier alpha value is -0.160. The Morgan fingerprint density at radius 3 is 2.33 bits per heavy atom. The fraction of sp³-hybridized carbons (Fsp3) is 0.857. The van der Waals surface area contributed by atoms with Crippen molar-refractivity contribution in [3.05, 3.63) is 0 Å². The molecule has 0 spiro atoms. The summed E-state index contributed by atoms with van der Waals surface area (Å²) in [7, 11) is 0. The minimum absolute atomic E-state index is 0.0833. The number of nitriles is 1. The zero-order valence-corrected chi connectivity index (χ0v) is 6.66. The van der Waals surface area contributed by atoms with Gasteiger partial charge >= 0.3 is 0 Å². The van der Waals surface area contributed by atoms with E-state index in [1.54, 1.807) is 11.8 Å². The number of hydrogen-bond acceptors (Lipinski definition) is 2. The molecule has 0 N–H and O–H groups in total. The van der Waals surface area contributed by atoms with Crippen molar-refractivity contribution in [2.24, 2.45) is 5.92 Å². The fourth-order valence-electron chi connectivity index (χ4n) is 0.938. The van der Waals surface area contributed by atoms with Gasteiger partial charge < -0.3 is 0 Å². The molecule has 0 radical (unpaired) electrons. The van der Waals surface area contributed by atoms with Crippen LogP contribution >= 0.6 is 11.8 Å². The third-order valence-electron chi connectivity index (χ3n) is 2.00. The lowest BCUT2D eigenvalue weighted by molar-refractivity contribution is 0.697. The number of hydrogen-bond donors (Lipinski definition) is 0. The van der Waals surface area contributed by atoms with Gasteiger partial charge in [0.2, 0.25) is 0 Å². The second-order valence-electron chi connectivity index (χ2n) is 2.70. The molecule has 1 saturated carbocycles. The summed E-state index contributed by atoms with van der Waals surface area (Å²) in [4.78, 5) is 0. The van der Waals surface area contributed by atoms with Crippen molar-refractivity contribution in [1.82, 2.24) is 0 Å². The summed E-state index contributed by atoms with van der Waals surface area (Å²) >= 11 is 1.68. The van der Waals surface area contributed by atoms with Crippen LogP contribution in [-0.2, 0) is 0 Å². The first-order valence-corrected chi connectivity index (χ1v) is 4.42. The van der Waals surface area contributed by atoms with Gasteiger partial charge in [-0.2, -0.15) is 5.26 Å². The Kier molecular flexibility index (Phi) is 1.72. The molecule has 0 aromatic rings. The first kappa shape index (κ1) is 6.95. The normalized spacial score (nSPS) is 24.6. The fourth-order valence-corrected chi connectivity index (χ4v) is 1.60. The monoisotopic (exact) mass is 141 g/mol. The highest BCUT2D eigenvalue weighted by Gasteiger charge is 2.41. The summed E-state index contributed by atoms with van der Waals surface area (Å²) < 4.78 is -0.0833. The highest BCUT2D eigenvalue weighted by Crippen LogP contribution is 2.45. The quantitative estimate of drug-likeness (QED) is 0.587. The third-order valence-corrected chi connectivity index (χ3v) is 3.28. The summed E-state index contributed by atoms with van der Waals surface area (Å²) in [6.07, 6.45) is 4.53. The maximum atomic E-state index is 8.72. The Bertz CT molecular complexity index is 145. The summed E-state index contributed by atoms with van der Waals surface area (Å²) in [5.41, 5.74) is 0. The zero-order chi connectivity index (χ0) is 6.91. The van der Waals surface area contributed by atoms with Crippen molar-refractivity contribution >= 4 is 11.8 Å². The molecule has 1 aliphatic carbocycles. The van der Waals surface area contributed by atoms with Crippen LogP contribution in [-0.4, -0.2) is 11.0 Å². The van der Waals surface area contributed by atoms with Crippen LogP contribution in [0.15, 0.2) is 0 Å². The molecule has 1 aliphatic rings. The molecule has 9 heavy (non-hydrogen) atoms. The average Bonchev–Trinajstić information content (AvgIpc) is 2.68. The van der Waals surface area contributed by atoms with Crippen LogP contribution in [0.3, 0.4) is 0 Å². The van der Waals surface area contributed by atoms with Gasteiger partial charge in [0.15, 0.2) is 0 Å². The maximum Gasteiger partial charge on any atom is 0.102 e. The van der Waals surface area contributed by atoms with Crippen molar-refractivity contribution in [2.75, 3.05) is 6.26 Å². The zero-order valence-electron chi connectivity index (χ0n) is 5.85. The molecule has 0 saturated heterocycles. The van der Waals surface area contributed by atoms with Crippen molar-refractivity contribution in [3.63, 3.8) is 0 Å². The van der Waals surface area contributed by atoms with Crippen LogP contribution in [0, 0.1) is 17.2 Å². The van der Waals surface area contributed by atoms with Gasteiger partial charge in [-0.3, -0.25) is 0 Å². The van der Waals surface area contributed by atoms with E-state index in [-0.39, 0.29) is 4.75 Å². The van der Waals surface area contributed by atoms with E-state index in [1.807, 2.05) is 13.2 Å². The SMILES string of the molecule is CSC(C)(C#N)C1CC1. The van der Waals surface area contributed by atoms with Crippen molar-refractivity contribution in [1.29, 1.82) is 5.26 Å². The average molecular weight is 141 g/mol. The van der Waals surface area contributed by atoms with Gasteiger partial charge in [-0.15, -0.1) is 11.8 Å². The van der Waals surface area contributed by atoms with Crippen molar-refractivity contribution in [2.45, 2.75) is 24.5 Å². The minimum atomic E-state index is -0.0833. The number of thioether (sulfide) groups is 1. The van der Waals surface area contributed by atoms with Crippen molar-refractivity contribution in [3.8, 4) is 6.07 Å². The molecule has 1 nitrogen and oxygen atoms in total. The number of nitrogens with zero attached hydrogens (tertiary/aromatic N) is 1. The molecule has 1 atom stereocenters. The van der Waals surface area contributed by atoms with Crippen LogP contribution in [0.4, 0.5) is 0 Å². The summed E-state index contributed by atoms with van der Waals surface area (Å²) in [6, 6.07) is 2.35. The first-order chi connectivity index (χ1) is 4.23. The van der Waals surface area contributed by atoms with Gasteiger partial charge in [-0.05, 0) is 31.9 Å². The number of rotatable bonds is 2. The molecule has 0 amide bonds.